The quantitative estimate of drug-likeness (QED) is 0.246. The Balaban J connectivity index is 1.57. The zero-order valence-corrected chi connectivity index (χ0v) is 20.7. The van der Waals surface area contributed by atoms with Crippen molar-refractivity contribution < 1.29 is 14.5 Å². The third-order valence-corrected chi connectivity index (χ3v) is 7.58. The number of benzene rings is 3. The van der Waals surface area contributed by atoms with E-state index < -0.39 is 12.7 Å². The van der Waals surface area contributed by atoms with Gasteiger partial charge in [-0.1, -0.05) is 55.7 Å². The predicted molar refractivity (Wildman–Crippen MR) is 146 cm³/mol. The molecule has 0 spiro atoms. The summed E-state index contributed by atoms with van der Waals surface area (Å²) < 4.78 is 41.3. The van der Waals surface area contributed by atoms with E-state index in [2.05, 4.69) is 6.07 Å². The van der Waals surface area contributed by atoms with E-state index >= 15 is 0 Å². The molecule has 0 saturated heterocycles. The second-order valence-electron chi connectivity index (χ2n) is 9.87. The van der Waals surface area contributed by atoms with Crippen molar-refractivity contribution in [2.45, 2.75) is 51.8 Å². The number of fused-ring (bicyclic) bond motifs is 3. The lowest BCUT2D eigenvalue weighted by molar-refractivity contribution is -0.660. The fraction of sp³-hybridized carbons (Fsp3) is 0.273. The normalized spacial score (nSPS) is 17.2. The molecule has 0 N–H and O–H groups in total. The number of hydrogen-bond acceptors (Lipinski definition) is 2. The van der Waals surface area contributed by atoms with Gasteiger partial charge in [-0.25, -0.2) is 4.57 Å². The molecule has 2 aromatic heterocycles. The molecule has 3 heteroatoms. The van der Waals surface area contributed by atoms with E-state index in [9.17, 15) is 5.26 Å². The zero-order chi connectivity index (χ0) is 28.2. The maximum absolute atomic E-state index is 10.1. The van der Waals surface area contributed by atoms with Crippen LogP contribution in [0.15, 0.2) is 71.3 Å². The molecular weight excluding hydrogens is 440 g/mol. The van der Waals surface area contributed by atoms with Gasteiger partial charge in [0.25, 0.3) is 0 Å². The van der Waals surface area contributed by atoms with Gasteiger partial charge in [0, 0.05) is 34.0 Å². The lowest BCUT2D eigenvalue weighted by Crippen LogP contribution is -2.30. The van der Waals surface area contributed by atoms with Crippen molar-refractivity contribution in [3.8, 4) is 28.5 Å². The first-order chi connectivity index (χ1) is 19.1. The first kappa shape index (κ1) is 18.4. The molecule has 3 aromatic carbocycles. The molecule has 0 unspecified atom stereocenters. The Morgan fingerprint density at radius 1 is 0.944 bits per heavy atom. The molecule has 1 fully saturated rings. The van der Waals surface area contributed by atoms with E-state index in [4.69, 9.17) is 9.90 Å². The van der Waals surface area contributed by atoms with Crippen LogP contribution in [-0.2, 0) is 7.05 Å². The van der Waals surface area contributed by atoms with Gasteiger partial charge in [-0.05, 0) is 66.9 Å². The third-order valence-electron chi connectivity index (χ3n) is 7.58. The Labute approximate surface area is 218 Å². The molecule has 36 heavy (non-hydrogen) atoms. The van der Waals surface area contributed by atoms with E-state index in [0.29, 0.717) is 16.7 Å². The van der Waals surface area contributed by atoms with Crippen LogP contribution < -0.4 is 4.57 Å². The van der Waals surface area contributed by atoms with Crippen LogP contribution in [0.3, 0.4) is 0 Å². The van der Waals surface area contributed by atoms with Gasteiger partial charge in [0.1, 0.15) is 18.2 Å². The standard InChI is InChI=1S/C33H31N2O/c1-21-17-18-35(3)29(19-21)30-22(2)9-15-27-28-16-14-26(20-34)31(33(28)36-32(27)30)25-12-10-24(11-13-25)23-7-5-4-6-8-23/h9-19,23H,4-8H2,1-3H3/q+1/i1D3,23D. The number of aryl methyl sites for hydroxylation is 3. The molecular formula is C33H31N2O+. The monoisotopic (exact) mass is 475 g/mol. The average Bonchev–Trinajstić information content (AvgIpc) is 3.31. The SMILES string of the molecule is [2H]C([2H])([2H])c1cc[n+](C)c(-c2c(C)ccc3c2oc2c(-c4ccc(C5([2H])CCCCC5)cc4)c(C#N)ccc23)c1. The van der Waals surface area contributed by atoms with Gasteiger partial charge in [0.15, 0.2) is 6.20 Å². The van der Waals surface area contributed by atoms with Crippen LogP contribution in [-0.4, -0.2) is 0 Å². The molecule has 2 heterocycles. The number of nitrogens with zero attached hydrogens (tertiary/aromatic N) is 2. The molecule has 0 atom stereocenters. The van der Waals surface area contributed by atoms with Crippen LogP contribution in [0.5, 0.6) is 0 Å². The largest absolute Gasteiger partial charge is 0.454 e. The number of pyridine rings is 1. The topological polar surface area (TPSA) is 40.8 Å². The Bertz CT molecular complexity index is 1800. The highest BCUT2D eigenvalue weighted by Crippen LogP contribution is 2.42. The number of furan rings is 1. The summed E-state index contributed by atoms with van der Waals surface area (Å²) in [4.78, 5) is 0. The van der Waals surface area contributed by atoms with Crippen LogP contribution >= 0.6 is 0 Å². The molecule has 0 aliphatic heterocycles. The molecule has 178 valence electrons. The van der Waals surface area contributed by atoms with Gasteiger partial charge >= 0.3 is 0 Å². The van der Waals surface area contributed by atoms with Crippen molar-refractivity contribution in [2.24, 2.45) is 7.05 Å². The Hall–Kier alpha value is -3.90. The van der Waals surface area contributed by atoms with Gasteiger partial charge < -0.3 is 4.42 Å². The molecule has 1 saturated carbocycles. The maximum Gasteiger partial charge on any atom is 0.216 e. The molecule has 1 aliphatic carbocycles. The first-order valence-electron chi connectivity index (χ1n) is 14.6. The van der Waals surface area contributed by atoms with E-state index in [-0.39, 0.29) is 5.56 Å². The summed E-state index contributed by atoms with van der Waals surface area (Å²) in [5, 5.41) is 11.9. The number of rotatable bonds is 3. The van der Waals surface area contributed by atoms with Crippen LogP contribution in [0, 0.1) is 25.1 Å². The summed E-state index contributed by atoms with van der Waals surface area (Å²) in [6.07, 6.45) is 6.87. The summed E-state index contributed by atoms with van der Waals surface area (Å²) in [5.74, 6) is -0.550. The fourth-order valence-electron chi connectivity index (χ4n) is 5.66. The Morgan fingerprint density at radius 2 is 1.67 bits per heavy atom. The molecule has 0 amide bonds. The van der Waals surface area contributed by atoms with Gasteiger partial charge in [-0.2, -0.15) is 5.26 Å². The zero-order valence-electron chi connectivity index (χ0n) is 24.7. The van der Waals surface area contributed by atoms with Crippen LogP contribution in [0.4, 0.5) is 0 Å². The molecule has 0 radical (unpaired) electrons. The smallest absolute Gasteiger partial charge is 0.216 e. The minimum Gasteiger partial charge on any atom is -0.454 e. The van der Waals surface area contributed by atoms with Crippen LogP contribution in [0.25, 0.3) is 44.3 Å². The first-order valence-corrected chi connectivity index (χ1v) is 12.6. The molecule has 5 aromatic rings. The number of aromatic nitrogens is 1. The summed E-state index contributed by atoms with van der Waals surface area (Å²) in [5.41, 5.74) is 7.24. The van der Waals surface area contributed by atoms with Gasteiger partial charge in [-0.15, -0.1) is 0 Å². The molecule has 0 bridgehead atoms. The van der Waals surface area contributed by atoms with E-state index in [1.165, 1.54) is 6.42 Å². The van der Waals surface area contributed by atoms with Crippen molar-refractivity contribution in [1.82, 2.24) is 0 Å². The lowest BCUT2D eigenvalue weighted by atomic mass is 9.83. The number of nitriles is 1. The van der Waals surface area contributed by atoms with Crippen molar-refractivity contribution in [3.05, 3.63) is 89.1 Å². The third kappa shape index (κ3) is 3.69. The van der Waals surface area contributed by atoms with Crippen molar-refractivity contribution in [1.29, 1.82) is 5.26 Å². The van der Waals surface area contributed by atoms with E-state index in [1.807, 2.05) is 67.1 Å². The number of hydrogen-bond donors (Lipinski definition) is 0. The highest BCUT2D eigenvalue weighted by molar-refractivity contribution is 6.14. The molecule has 6 rings (SSSR count). The lowest BCUT2D eigenvalue weighted by Gasteiger charge is -2.22. The Kier molecular flexibility index (Phi) is 4.57. The van der Waals surface area contributed by atoms with Crippen molar-refractivity contribution in [3.63, 3.8) is 0 Å². The predicted octanol–water partition coefficient (Wildman–Crippen LogP) is 8.28. The van der Waals surface area contributed by atoms with Crippen molar-refractivity contribution >= 4 is 21.9 Å². The summed E-state index contributed by atoms with van der Waals surface area (Å²) >= 11 is 0. The van der Waals surface area contributed by atoms with E-state index in [0.717, 1.165) is 70.0 Å². The van der Waals surface area contributed by atoms with Crippen LogP contribution in [0.1, 0.15) is 65.7 Å². The van der Waals surface area contributed by atoms with Gasteiger partial charge in [0.2, 0.25) is 5.69 Å². The fourth-order valence-corrected chi connectivity index (χ4v) is 5.66. The Morgan fingerprint density at radius 3 is 2.39 bits per heavy atom. The summed E-state index contributed by atoms with van der Waals surface area (Å²) in [6.45, 7) is -0.235. The highest BCUT2D eigenvalue weighted by Gasteiger charge is 2.23. The second-order valence-corrected chi connectivity index (χ2v) is 9.87. The highest BCUT2D eigenvalue weighted by atomic mass is 16.3. The summed E-state index contributed by atoms with van der Waals surface area (Å²) in [7, 11) is 1.89. The van der Waals surface area contributed by atoms with Crippen molar-refractivity contribution in [2.75, 3.05) is 0 Å². The molecule has 1 aliphatic rings. The summed E-state index contributed by atoms with van der Waals surface area (Å²) in [6, 6.07) is 21.6. The molecule has 3 nitrogen and oxygen atoms in total. The minimum atomic E-state index is -2.23. The van der Waals surface area contributed by atoms with Crippen LogP contribution in [0.2, 0.25) is 0 Å². The second kappa shape index (κ2) is 8.95. The van der Waals surface area contributed by atoms with Gasteiger partial charge in [0.05, 0.1) is 17.2 Å². The van der Waals surface area contributed by atoms with E-state index in [1.54, 1.807) is 18.3 Å². The average molecular weight is 476 g/mol. The maximum atomic E-state index is 10.1. The minimum absolute atomic E-state index is 0.269. The van der Waals surface area contributed by atoms with Gasteiger partial charge in [-0.3, -0.25) is 0 Å².